The SMILES string of the molecule is CCN1CCC(NC(=O)CN(C)C(C)c2ccc(S(C)(=O)=O)cc2)CC1. The van der Waals surface area contributed by atoms with E-state index in [2.05, 4.69) is 17.1 Å². The van der Waals surface area contributed by atoms with Gasteiger partial charge in [-0.2, -0.15) is 0 Å². The van der Waals surface area contributed by atoms with Crippen molar-refractivity contribution in [2.75, 3.05) is 39.5 Å². The number of likely N-dealkylation sites (tertiary alicyclic amines) is 1. The zero-order chi connectivity index (χ0) is 19.3. The molecule has 1 heterocycles. The molecule has 0 aliphatic carbocycles. The fraction of sp³-hybridized carbons (Fsp3) is 0.632. The van der Waals surface area contributed by atoms with Crippen molar-refractivity contribution in [1.82, 2.24) is 15.1 Å². The van der Waals surface area contributed by atoms with Gasteiger partial charge in [-0.3, -0.25) is 9.69 Å². The van der Waals surface area contributed by atoms with Crippen LogP contribution < -0.4 is 5.32 Å². The van der Waals surface area contributed by atoms with E-state index in [1.165, 1.54) is 6.26 Å². The maximum Gasteiger partial charge on any atom is 0.234 e. The highest BCUT2D eigenvalue weighted by Gasteiger charge is 2.21. The van der Waals surface area contributed by atoms with E-state index in [-0.39, 0.29) is 18.0 Å². The summed E-state index contributed by atoms with van der Waals surface area (Å²) in [4.78, 5) is 17.0. The number of nitrogens with zero attached hydrogens (tertiary/aromatic N) is 2. The van der Waals surface area contributed by atoms with E-state index in [0.29, 0.717) is 11.4 Å². The van der Waals surface area contributed by atoms with Gasteiger partial charge in [-0.05, 0) is 51.1 Å². The number of likely N-dealkylation sites (N-methyl/N-ethyl adjacent to an activating group) is 1. The van der Waals surface area contributed by atoms with Crippen molar-refractivity contribution in [1.29, 1.82) is 0 Å². The number of carbonyl (C=O) groups is 1. The summed E-state index contributed by atoms with van der Waals surface area (Å²) >= 11 is 0. The van der Waals surface area contributed by atoms with Crippen LogP contribution in [0.15, 0.2) is 29.2 Å². The molecular formula is C19H31N3O3S. The predicted octanol–water partition coefficient (Wildman–Crippen LogP) is 1.68. The summed E-state index contributed by atoms with van der Waals surface area (Å²) in [6.45, 7) is 7.66. The number of sulfone groups is 1. The normalized spacial score (nSPS) is 18.0. The molecule has 0 saturated carbocycles. The number of carbonyl (C=O) groups excluding carboxylic acids is 1. The Hall–Kier alpha value is -1.44. The molecular weight excluding hydrogens is 350 g/mol. The van der Waals surface area contributed by atoms with E-state index in [9.17, 15) is 13.2 Å². The Bertz CT molecular complexity index is 695. The largest absolute Gasteiger partial charge is 0.352 e. The molecule has 1 aliphatic heterocycles. The molecule has 1 unspecified atom stereocenters. The highest BCUT2D eigenvalue weighted by atomic mass is 32.2. The maximum absolute atomic E-state index is 12.3. The fourth-order valence-electron chi connectivity index (χ4n) is 3.28. The Morgan fingerprint density at radius 3 is 2.35 bits per heavy atom. The van der Waals surface area contributed by atoms with Gasteiger partial charge in [0.15, 0.2) is 9.84 Å². The molecule has 1 aliphatic rings. The zero-order valence-corrected chi connectivity index (χ0v) is 17.1. The maximum atomic E-state index is 12.3. The Morgan fingerprint density at radius 1 is 1.27 bits per heavy atom. The topological polar surface area (TPSA) is 69.7 Å². The van der Waals surface area contributed by atoms with Crippen molar-refractivity contribution in [2.45, 2.75) is 43.7 Å². The van der Waals surface area contributed by atoms with Crippen LogP contribution in [-0.4, -0.2) is 69.6 Å². The summed E-state index contributed by atoms with van der Waals surface area (Å²) in [6.07, 6.45) is 3.21. The molecule has 146 valence electrons. The molecule has 0 spiro atoms. The van der Waals surface area contributed by atoms with Crippen LogP contribution in [0.25, 0.3) is 0 Å². The second-order valence-corrected chi connectivity index (χ2v) is 9.22. The van der Waals surface area contributed by atoms with Crippen molar-refractivity contribution < 1.29 is 13.2 Å². The first-order valence-electron chi connectivity index (χ1n) is 9.22. The minimum atomic E-state index is -3.19. The molecule has 1 N–H and O–H groups in total. The van der Waals surface area contributed by atoms with E-state index in [1.807, 2.05) is 31.0 Å². The third-order valence-corrected chi connectivity index (χ3v) is 6.37. The summed E-state index contributed by atoms with van der Waals surface area (Å²) in [5, 5.41) is 3.14. The van der Waals surface area contributed by atoms with E-state index < -0.39 is 9.84 Å². The van der Waals surface area contributed by atoms with Crippen molar-refractivity contribution in [3.63, 3.8) is 0 Å². The third kappa shape index (κ3) is 5.79. The number of hydrogen-bond acceptors (Lipinski definition) is 5. The standard InChI is InChI=1S/C19H31N3O3S/c1-5-22-12-10-17(11-13-22)20-19(23)14-21(3)15(2)16-6-8-18(9-7-16)26(4,24)25/h6-9,15,17H,5,10-14H2,1-4H3,(H,20,23). The van der Waals surface area contributed by atoms with Crippen LogP contribution in [0.5, 0.6) is 0 Å². The van der Waals surface area contributed by atoms with Crippen LogP contribution in [0.4, 0.5) is 0 Å². The van der Waals surface area contributed by atoms with E-state index in [0.717, 1.165) is 38.0 Å². The number of rotatable bonds is 7. The van der Waals surface area contributed by atoms with Crippen LogP contribution in [0.1, 0.15) is 38.3 Å². The highest BCUT2D eigenvalue weighted by molar-refractivity contribution is 7.90. The van der Waals surface area contributed by atoms with Gasteiger partial charge in [0.05, 0.1) is 11.4 Å². The first-order valence-corrected chi connectivity index (χ1v) is 11.1. The zero-order valence-electron chi connectivity index (χ0n) is 16.2. The molecule has 1 amide bonds. The van der Waals surface area contributed by atoms with Gasteiger partial charge in [0.2, 0.25) is 5.91 Å². The molecule has 6 nitrogen and oxygen atoms in total. The predicted molar refractivity (Wildman–Crippen MR) is 104 cm³/mol. The van der Waals surface area contributed by atoms with Crippen molar-refractivity contribution in [3.8, 4) is 0 Å². The van der Waals surface area contributed by atoms with Crippen LogP contribution >= 0.6 is 0 Å². The van der Waals surface area contributed by atoms with Gasteiger partial charge >= 0.3 is 0 Å². The van der Waals surface area contributed by atoms with Crippen molar-refractivity contribution in [3.05, 3.63) is 29.8 Å². The molecule has 1 aromatic carbocycles. The molecule has 0 aromatic heterocycles. The number of piperidine rings is 1. The number of hydrogen-bond donors (Lipinski definition) is 1. The highest BCUT2D eigenvalue weighted by Crippen LogP contribution is 2.20. The summed E-state index contributed by atoms with van der Waals surface area (Å²) in [5.41, 5.74) is 0.990. The lowest BCUT2D eigenvalue weighted by Gasteiger charge is -2.32. The third-order valence-electron chi connectivity index (χ3n) is 5.24. The molecule has 2 rings (SSSR count). The van der Waals surface area contributed by atoms with Gasteiger partial charge in [-0.1, -0.05) is 19.1 Å². The Morgan fingerprint density at radius 2 is 1.85 bits per heavy atom. The Kier molecular flexibility index (Phi) is 7.20. The molecule has 1 atom stereocenters. The molecule has 0 bridgehead atoms. The number of benzene rings is 1. The Balaban J connectivity index is 1.86. The Labute approximate surface area is 157 Å². The van der Waals surface area contributed by atoms with Gasteiger partial charge in [-0.15, -0.1) is 0 Å². The van der Waals surface area contributed by atoms with Crippen molar-refractivity contribution in [2.24, 2.45) is 0 Å². The lowest BCUT2D eigenvalue weighted by atomic mass is 10.0. The fourth-order valence-corrected chi connectivity index (χ4v) is 3.91. The van der Waals surface area contributed by atoms with Crippen LogP contribution in [-0.2, 0) is 14.6 Å². The minimum absolute atomic E-state index is 0.0244. The lowest BCUT2D eigenvalue weighted by molar-refractivity contribution is -0.123. The summed E-state index contributed by atoms with van der Waals surface area (Å²) < 4.78 is 23.1. The summed E-state index contributed by atoms with van der Waals surface area (Å²) in [6, 6.07) is 7.17. The number of nitrogens with one attached hydrogen (secondary N) is 1. The van der Waals surface area contributed by atoms with Crippen LogP contribution in [0.3, 0.4) is 0 Å². The van der Waals surface area contributed by atoms with E-state index >= 15 is 0 Å². The molecule has 1 saturated heterocycles. The average molecular weight is 382 g/mol. The smallest absolute Gasteiger partial charge is 0.234 e. The molecule has 26 heavy (non-hydrogen) atoms. The second-order valence-electron chi connectivity index (χ2n) is 7.21. The van der Waals surface area contributed by atoms with Crippen LogP contribution in [0.2, 0.25) is 0 Å². The second kappa shape index (κ2) is 8.97. The lowest BCUT2D eigenvalue weighted by Crippen LogP contribution is -2.47. The molecule has 0 radical (unpaired) electrons. The van der Waals surface area contributed by atoms with E-state index in [1.54, 1.807) is 12.1 Å². The van der Waals surface area contributed by atoms with Crippen LogP contribution in [0, 0.1) is 0 Å². The molecule has 7 heteroatoms. The summed E-state index contributed by atoms with van der Waals surface area (Å²) in [7, 11) is -1.28. The van der Waals surface area contributed by atoms with Gasteiger partial charge in [0.25, 0.3) is 0 Å². The summed E-state index contributed by atoms with van der Waals surface area (Å²) in [5.74, 6) is 0.0436. The first-order chi connectivity index (χ1) is 12.2. The monoisotopic (exact) mass is 381 g/mol. The van der Waals surface area contributed by atoms with Gasteiger partial charge in [0.1, 0.15) is 0 Å². The van der Waals surface area contributed by atoms with Gasteiger partial charge in [0, 0.05) is 31.4 Å². The average Bonchev–Trinajstić information content (AvgIpc) is 2.61. The molecule has 1 fully saturated rings. The quantitative estimate of drug-likeness (QED) is 0.778. The van der Waals surface area contributed by atoms with E-state index in [4.69, 9.17) is 0 Å². The van der Waals surface area contributed by atoms with Gasteiger partial charge < -0.3 is 10.2 Å². The molecule has 1 aromatic rings. The van der Waals surface area contributed by atoms with Gasteiger partial charge in [-0.25, -0.2) is 8.42 Å². The number of amides is 1. The first kappa shape index (κ1) is 20.9. The minimum Gasteiger partial charge on any atom is -0.352 e. The van der Waals surface area contributed by atoms with Crippen molar-refractivity contribution >= 4 is 15.7 Å².